The van der Waals surface area contributed by atoms with Crippen molar-refractivity contribution in [3.8, 4) is 0 Å². The van der Waals surface area contributed by atoms with Crippen molar-refractivity contribution in [2.24, 2.45) is 0 Å². The van der Waals surface area contributed by atoms with Crippen LogP contribution in [0.5, 0.6) is 0 Å². The molecule has 1 aliphatic heterocycles. The average molecular weight is 246 g/mol. The van der Waals surface area contributed by atoms with E-state index in [9.17, 15) is 0 Å². The minimum atomic E-state index is 0.608. The molecule has 100 valence electrons. The first kappa shape index (κ1) is 13.4. The van der Waals surface area contributed by atoms with Crippen LogP contribution in [-0.2, 0) is 0 Å². The van der Waals surface area contributed by atoms with E-state index in [1.807, 2.05) is 0 Å². The summed E-state index contributed by atoms with van der Waals surface area (Å²) in [5.41, 5.74) is 4.37. The Balaban J connectivity index is 2.36. The van der Waals surface area contributed by atoms with Crippen molar-refractivity contribution in [1.82, 2.24) is 5.32 Å². The van der Waals surface area contributed by atoms with Gasteiger partial charge in [0.1, 0.15) is 0 Å². The highest BCUT2D eigenvalue weighted by Crippen LogP contribution is 2.33. The van der Waals surface area contributed by atoms with Crippen molar-refractivity contribution < 1.29 is 0 Å². The molecule has 1 fully saturated rings. The molecular weight excluding hydrogens is 220 g/mol. The van der Waals surface area contributed by atoms with Crippen LogP contribution in [0.3, 0.4) is 0 Å². The standard InChI is InChI=1S/C16H26N2/c1-12(2)13-7-8-16(18(3)4)15(10-13)14-6-5-9-17-11-14/h7-8,10,12,14,17H,5-6,9,11H2,1-4H3. The van der Waals surface area contributed by atoms with Crippen molar-refractivity contribution in [2.45, 2.75) is 38.5 Å². The lowest BCUT2D eigenvalue weighted by atomic mass is 9.87. The van der Waals surface area contributed by atoms with E-state index in [-0.39, 0.29) is 0 Å². The molecule has 1 aromatic rings. The summed E-state index contributed by atoms with van der Waals surface area (Å²) in [5, 5.41) is 3.53. The largest absolute Gasteiger partial charge is 0.377 e. The van der Waals surface area contributed by atoms with E-state index in [0.717, 1.165) is 6.54 Å². The Morgan fingerprint density at radius 1 is 1.28 bits per heavy atom. The van der Waals surface area contributed by atoms with Crippen LogP contribution >= 0.6 is 0 Å². The minimum absolute atomic E-state index is 0.608. The van der Waals surface area contributed by atoms with Gasteiger partial charge in [0.15, 0.2) is 0 Å². The zero-order chi connectivity index (χ0) is 13.1. The summed E-state index contributed by atoms with van der Waals surface area (Å²) in [6, 6.07) is 7.00. The molecule has 2 heteroatoms. The first-order chi connectivity index (χ1) is 8.59. The van der Waals surface area contributed by atoms with Gasteiger partial charge in [-0.25, -0.2) is 0 Å². The van der Waals surface area contributed by atoms with Crippen LogP contribution in [-0.4, -0.2) is 27.2 Å². The van der Waals surface area contributed by atoms with Gasteiger partial charge in [-0.05, 0) is 48.4 Å². The molecular formula is C16H26N2. The molecule has 0 spiro atoms. The summed E-state index contributed by atoms with van der Waals surface area (Å²) < 4.78 is 0. The molecule has 0 radical (unpaired) electrons. The third-order valence-corrected chi connectivity index (χ3v) is 3.94. The van der Waals surface area contributed by atoms with Gasteiger partial charge in [-0.2, -0.15) is 0 Å². The van der Waals surface area contributed by atoms with Gasteiger partial charge in [0, 0.05) is 26.3 Å². The quantitative estimate of drug-likeness (QED) is 0.880. The number of benzene rings is 1. The van der Waals surface area contributed by atoms with Gasteiger partial charge >= 0.3 is 0 Å². The van der Waals surface area contributed by atoms with Crippen molar-refractivity contribution in [2.75, 3.05) is 32.1 Å². The van der Waals surface area contributed by atoms with Gasteiger partial charge in [0.2, 0.25) is 0 Å². The van der Waals surface area contributed by atoms with Crippen LogP contribution in [0.25, 0.3) is 0 Å². The summed E-state index contributed by atoms with van der Waals surface area (Å²) in [5.74, 6) is 1.28. The summed E-state index contributed by atoms with van der Waals surface area (Å²) in [4.78, 5) is 2.24. The predicted octanol–water partition coefficient (Wildman–Crippen LogP) is 3.34. The third kappa shape index (κ3) is 2.86. The van der Waals surface area contributed by atoms with E-state index < -0.39 is 0 Å². The van der Waals surface area contributed by atoms with Crippen LogP contribution in [0.1, 0.15) is 49.7 Å². The van der Waals surface area contributed by atoms with E-state index in [0.29, 0.717) is 11.8 Å². The number of rotatable bonds is 3. The molecule has 0 amide bonds. The molecule has 0 bridgehead atoms. The summed E-state index contributed by atoms with van der Waals surface area (Å²) in [6.07, 6.45) is 2.61. The fourth-order valence-corrected chi connectivity index (χ4v) is 2.78. The lowest BCUT2D eigenvalue weighted by molar-refractivity contribution is 0.461. The molecule has 1 N–H and O–H groups in total. The Morgan fingerprint density at radius 3 is 2.61 bits per heavy atom. The normalized spacial score (nSPS) is 20.2. The van der Waals surface area contributed by atoms with Crippen molar-refractivity contribution in [1.29, 1.82) is 0 Å². The minimum Gasteiger partial charge on any atom is -0.377 e. The fourth-order valence-electron chi connectivity index (χ4n) is 2.78. The number of nitrogens with zero attached hydrogens (tertiary/aromatic N) is 1. The van der Waals surface area contributed by atoms with Gasteiger partial charge in [0.05, 0.1) is 0 Å². The molecule has 0 aliphatic carbocycles. The van der Waals surface area contributed by atoms with Gasteiger partial charge in [-0.1, -0.05) is 26.0 Å². The molecule has 1 atom stereocenters. The van der Waals surface area contributed by atoms with E-state index in [2.05, 4.69) is 56.4 Å². The van der Waals surface area contributed by atoms with Crippen molar-refractivity contribution in [3.05, 3.63) is 29.3 Å². The van der Waals surface area contributed by atoms with E-state index in [1.54, 1.807) is 0 Å². The smallest absolute Gasteiger partial charge is 0.0397 e. The van der Waals surface area contributed by atoms with E-state index in [4.69, 9.17) is 0 Å². The molecule has 18 heavy (non-hydrogen) atoms. The number of nitrogens with one attached hydrogen (secondary N) is 1. The first-order valence-corrected chi connectivity index (χ1v) is 7.11. The van der Waals surface area contributed by atoms with Crippen LogP contribution in [0.4, 0.5) is 5.69 Å². The van der Waals surface area contributed by atoms with E-state index >= 15 is 0 Å². The second kappa shape index (κ2) is 5.75. The van der Waals surface area contributed by atoms with Gasteiger partial charge in [-0.15, -0.1) is 0 Å². The number of piperidine rings is 1. The Labute approximate surface area is 111 Å². The zero-order valence-electron chi connectivity index (χ0n) is 12.2. The van der Waals surface area contributed by atoms with Crippen LogP contribution in [0.15, 0.2) is 18.2 Å². The van der Waals surface area contributed by atoms with Crippen LogP contribution < -0.4 is 10.2 Å². The molecule has 0 aromatic heterocycles. The summed E-state index contributed by atoms with van der Waals surface area (Å²) >= 11 is 0. The highest BCUT2D eigenvalue weighted by molar-refractivity contribution is 5.56. The molecule has 1 unspecified atom stereocenters. The molecule has 1 heterocycles. The monoisotopic (exact) mass is 246 g/mol. The number of anilines is 1. The Bertz CT molecular complexity index is 390. The second-order valence-electron chi connectivity index (χ2n) is 5.91. The second-order valence-corrected chi connectivity index (χ2v) is 5.91. The fraction of sp³-hybridized carbons (Fsp3) is 0.625. The molecule has 1 aromatic carbocycles. The highest BCUT2D eigenvalue weighted by Gasteiger charge is 2.19. The lowest BCUT2D eigenvalue weighted by Crippen LogP contribution is -2.29. The average Bonchev–Trinajstić information content (AvgIpc) is 2.39. The third-order valence-electron chi connectivity index (χ3n) is 3.94. The highest BCUT2D eigenvalue weighted by atomic mass is 15.1. The predicted molar refractivity (Wildman–Crippen MR) is 79.7 cm³/mol. The van der Waals surface area contributed by atoms with Gasteiger partial charge < -0.3 is 10.2 Å². The maximum absolute atomic E-state index is 3.53. The van der Waals surface area contributed by atoms with Gasteiger partial charge in [0.25, 0.3) is 0 Å². The topological polar surface area (TPSA) is 15.3 Å². The Morgan fingerprint density at radius 2 is 2.06 bits per heavy atom. The molecule has 0 saturated carbocycles. The summed E-state index contributed by atoms with van der Waals surface area (Å²) in [6.45, 7) is 6.85. The van der Waals surface area contributed by atoms with Gasteiger partial charge in [-0.3, -0.25) is 0 Å². The molecule has 2 rings (SSSR count). The molecule has 2 nitrogen and oxygen atoms in total. The molecule has 1 saturated heterocycles. The van der Waals surface area contributed by atoms with Crippen LogP contribution in [0.2, 0.25) is 0 Å². The van der Waals surface area contributed by atoms with Crippen molar-refractivity contribution in [3.63, 3.8) is 0 Å². The zero-order valence-corrected chi connectivity index (χ0v) is 12.2. The Kier molecular flexibility index (Phi) is 4.28. The maximum atomic E-state index is 3.53. The SMILES string of the molecule is CC(C)c1ccc(N(C)C)c(C2CCCNC2)c1. The number of hydrogen-bond acceptors (Lipinski definition) is 2. The first-order valence-electron chi connectivity index (χ1n) is 7.11. The molecule has 1 aliphatic rings. The van der Waals surface area contributed by atoms with E-state index in [1.165, 1.54) is 36.2 Å². The Hall–Kier alpha value is -1.02. The van der Waals surface area contributed by atoms with Crippen molar-refractivity contribution >= 4 is 5.69 Å². The number of hydrogen-bond donors (Lipinski definition) is 1. The lowest BCUT2D eigenvalue weighted by Gasteiger charge is -2.28. The van der Waals surface area contributed by atoms with Crippen LogP contribution in [0, 0.1) is 0 Å². The maximum Gasteiger partial charge on any atom is 0.0397 e. The summed E-state index contributed by atoms with van der Waals surface area (Å²) in [7, 11) is 4.29.